The van der Waals surface area contributed by atoms with E-state index in [0.717, 1.165) is 6.42 Å². The van der Waals surface area contributed by atoms with Crippen molar-refractivity contribution in [1.82, 2.24) is 0 Å². The summed E-state index contributed by atoms with van der Waals surface area (Å²) in [5.41, 5.74) is 4.24. The molecule has 1 aromatic rings. The summed E-state index contributed by atoms with van der Waals surface area (Å²) in [5.74, 6) is 0.605. The Morgan fingerprint density at radius 2 is 1.87 bits per heavy atom. The van der Waals surface area contributed by atoms with Crippen LogP contribution in [0.5, 0.6) is 0 Å². The van der Waals surface area contributed by atoms with E-state index in [0.29, 0.717) is 5.92 Å². The molecule has 2 rings (SSSR count). The summed E-state index contributed by atoms with van der Waals surface area (Å²) in [6, 6.07) is 8.60. The fourth-order valence-electron chi connectivity index (χ4n) is 1.74. The first-order valence-corrected chi connectivity index (χ1v) is 11.2. The van der Waals surface area contributed by atoms with Crippen molar-refractivity contribution in [2.45, 2.75) is 20.3 Å². The van der Waals surface area contributed by atoms with Crippen molar-refractivity contribution >= 4 is 22.6 Å². The molecule has 1 aliphatic rings. The van der Waals surface area contributed by atoms with Crippen LogP contribution in [0.15, 0.2) is 24.3 Å². The van der Waals surface area contributed by atoms with Gasteiger partial charge in [-0.05, 0) is 0 Å². The van der Waals surface area contributed by atoms with Crippen molar-refractivity contribution in [2.75, 3.05) is 0 Å². The first kappa shape index (κ1) is 13.5. The summed E-state index contributed by atoms with van der Waals surface area (Å²) < 4.78 is 0. The predicted octanol–water partition coefficient (Wildman–Crippen LogP) is 4.46. The van der Waals surface area contributed by atoms with Gasteiger partial charge in [-0.1, -0.05) is 38.0 Å². The summed E-state index contributed by atoms with van der Waals surface area (Å²) in [7, 11) is 9.87. The normalized spacial score (nSPS) is 12.7. The van der Waals surface area contributed by atoms with Crippen LogP contribution in [-0.4, -0.2) is 0 Å². The number of halogens is 2. The van der Waals surface area contributed by atoms with Gasteiger partial charge >= 0.3 is 37.9 Å². The molecule has 0 saturated heterocycles. The number of allylic oxidation sites excluding steroid dienone is 2. The van der Waals surface area contributed by atoms with E-state index in [1.165, 1.54) is 16.7 Å². The number of benzene rings is 1. The van der Waals surface area contributed by atoms with Gasteiger partial charge in [-0.2, -0.15) is 5.56 Å². The first-order valence-electron chi connectivity index (χ1n) is 4.86. The Labute approximate surface area is 110 Å². The van der Waals surface area contributed by atoms with Crippen molar-refractivity contribution in [2.24, 2.45) is 5.92 Å². The molecule has 0 heterocycles. The van der Waals surface area contributed by atoms with E-state index in [2.05, 4.69) is 44.2 Å². The molecule has 0 saturated carbocycles. The van der Waals surface area contributed by atoms with E-state index >= 15 is 0 Å². The van der Waals surface area contributed by atoms with E-state index in [1.54, 1.807) is 0 Å². The molecule has 15 heavy (non-hydrogen) atoms. The number of rotatable bonds is 1. The topological polar surface area (TPSA) is 0 Å². The second kappa shape index (κ2) is 6.89. The second-order valence-corrected chi connectivity index (χ2v) is 7.38. The molecule has 0 bridgehead atoms. The monoisotopic (exact) mass is 317 g/mol. The molecular formula is C12H13Cl2Zr-. The average molecular weight is 319 g/mol. The molecule has 0 spiro atoms. The molecule has 1 aromatic carbocycles. The molecule has 0 atom stereocenters. The van der Waals surface area contributed by atoms with Crippen molar-refractivity contribution < 1.29 is 20.8 Å². The zero-order valence-electron chi connectivity index (χ0n) is 8.85. The van der Waals surface area contributed by atoms with E-state index in [-0.39, 0.29) is 0 Å². The molecule has 0 radical (unpaired) electrons. The fraction of sp³-hybridized carbons (Fsp3) is 0.333. The van der Waals surface area contributed by atoms with Crippen LogP contribution in [0.3, 0.4) is 0 Å². The maximum absolute atomic E-state index is 4.93. The quantitative estimate of drug-likeness (QED) is 0.670. The van der Waals surface area contributed by atoms with Crippen LogP contribution in [0, 0.1) is 12.0 Å². The molecule has 0 aromatic heterocycles. The van der Waals surface area contributed by atoms with Gasteiger partial charge in [0.1, 0.15) is 0 Å². The van der Waals surface area contributed by atoms with Gasteiger partial charge in [0.05, 0.1) is 0 Å². The van der Waals surface area contributed by atoms with Gasteiger partial charge in [-0.15, -0.1) is 18.1 Å². The molecule has 3 heteroatoms. The SMILES string of the molecule is CC(C)C1=[C-]Cc2ccccc21.[Cl][Zr][Cl]. The standard InChI is InChI=1S/C12H13.2ClH.Zr/c1-9(2)11-8-7-10-5-3-4-6-12(10)11;;;/h3-6,9H,7H2,1-2H3;2*1H;/q-1;;;+2/p-2. The van der Waals surface area contributed by atoms with Gasteiger partial charge in [0.25, 0.3) is 0 Å². The van der Waals surface area contributed by atoms with E-state index in [1.807, 2.05) is 0 Å². The fourth-order valence-corrected chi connectivity index (χ4v) is 1.74. The molecule has 1 aliphatic carbocycles. The van der Waals surface area contributed by atoms with Crippen LogP contribution in [0.25, 0.3) is 5.57 Å². The Bertz CT molecular complexity index is 345. The van der Waals surface area contributed by atoms with Gasteiger partial charge in [0, 0.05) is 0 Å². The predicted molar refractivity (Wildman–Crippen MR) is 63.3 cm³/mol. The molecule has 0 unspecified atom stereocenters. The number of hydrogen-bond acceptors (Lipinski definition) is 0. The van der Waals surface area contributed by atoms with E-state index in [4.69, 9.17) is 17.0 Å². The van der Waals surface area contributed by atoms with Crippen LogP contribution < -0.4 is 0 Å². The Balaban J connectivity index is 0.000000337. The third-order valence-electron chi connectivity index (χ3n) is 2.35. The molecule has 0 amide bonds. The van der Waals surface area contributed by atoms with Crippen molar-refractivity contribution in [3.05, 3.63) is 41.5 Å². The summed E-state index contributed by atoms with van der Waals surface area (Å²) in [4.78, 5) is 0. The molecule has 80 valence electrons. The Hall–Kier alpha value is 0.423. The minimum atomic E-state index is -0.826. The molecule has 0 nitrogen and oxygen atoms in total. The molecule has 0 fully saturated rings. The van der Waals surface area contributed by atoms with Crippen LogP contribution in [-0.2, 0) is 27.3 Å². The molecule has 0 aliphatic heterocycles. The van der Waals surface area contributed by atoms with Gasteiger partial charge < -0.3 is 0 Å². The van der Waals surface area contributed by atoms with Crippen molar-refractivity contribution in [3.63, 3.8) is 0 Å². The summed E-state index contributed by atoms with van der Waals surface area (Å²) in [6.45, 7) is 4.45. The zero-order valence-corrected chi connectivity index (χ0v) is 12.8. The Morgan fingerprint density at radius 3 is 2.47 bits per heavy atom. The van der Waals surface area contributed by atoms with E-state index < -0.39 is 20.8 Å². The molecule has 0 N–H and O–H groups in total. The number of hydrogen-bond donors (Lipinski definition) is 0. The third kappa shape index (κ3) is 3.73. The maximum atomic E-state index is 4.93. The van der Waals surface area contributed by atoms with Gasteiger partial charge in [-0.3, -0.25) is 6.08 Å². The number of fused-ring (bicyclic) bond motifs is 1. The van der Waals surface area contributed by atoms with Crippen LogP contribution in [0.4, 0.5) is 0 Å². The molecular weight excluding hydrogens is 306 g/mol. The van der Waals surface area contributed by atoms with Crippen molar-refractivity contribution in [3.8, 4) is 0 Å². The first-order chi connectivity index (χ1) is 7.20. The van der Waals surface area contributed by atoms with Gasteiger partial charge in [0.15, 0.2) is 0 Å². The van der Waals surface area contributed by atoms with Gasteiger partial charge in [0.2, 0.25) is 0 Å². The van der Waals surface area contributed by atoms with E-state index in [9.17, 15) is 0 Å². The summed E-state index contributed by atoms with van der Waals surface area (Å²) >= 11 is -0.826. The van der Waals surface area contributed by atoms with Gasteiger partial charge in [-0.25, -0.2) is 5.57 Å². The average Bonchev–Trinajstić information content (AvgIpc) is 2.62. The summed E-state index contributed by atoms with van der Waals surface area (Å²) in [6.07, 6.45) is 4.44. The Kier molecular flexibility index (Phi) is 6.19. The Morgan fingerprint density at radius 1 is 1.27 bits per heavy atom. The minimum absolute atomic E-state index is 0.605. The third-order valence-corrected chi connectivity index (χ3v) is 2.35. The van der Waals surface area contributed by atoms with Crippen LogP contribution >= 0.6 is 17.0 Å². The zero-order chi connectivity index (χ0) is 11.3. The van der Waals surface area contributed by atoms with Crippen LogP contribution in [0.1, 0.15) is 25.0 Å². The summed E-state index contributed by atoms with van der Waals surface area (Å²) in [5, 5.41) is 0. The van der Waals surface area contributed by atoms with Crippen molar-refractivity contribution in [1.29, 1.82) is 0 Å². The second-order valence-electron chi connectivity index (χ2n) is 3.65. The van der Waals surface area contributed by atoms with Crippen LogP contribution in [0.2, 0.25) is 0 Å².